The molecule has 2 heterocycles. The number of alkyl halides is 3. The molecule has 35 heavy (non-hydrogen) atoms. The number of furan rings is 1. The maximum atomic E-state index is 14.0. The summed E-state index contributed by atoms with van der Waals surface area (Å²) >= 11 is 0. The highest BCUT2D eigenvalue weighted by Gasteiger charge is 2.66. The van der Waals surface area contributed by atoms with Crippen LogP contribution in [-0.4, -0.2) is 33.7 Å². The molecule has 12 heteroatoms. The first-order valence-electron chi connectivity index (χ1n) is 10.2. The van der Waals surface area contributed by atoms with Gasteiger partial charge in [-0.25, -0.2) is 4.79 Å². The summed E-state index contributed by atoms with van der Waals surface area (Å²) in [5.74, 6) is -3.55. The molecule has 1 saturated heterocycles. The number of rotatable bonds is 5. The van der Waals surface area contributed by atoms with E-state index >= 15 is 0 Å². The number of carbonyl (C=O) groups excluding carboxylic acids is 2. The van der Waals surface area contributed by atoms with Crippen LogP contribution in [0.3, 0.4) is 0 Å². The highest BCUT2D eigenvalue weighted by Crippen LogP contribution is 2.44. The SMILES string of the molecule is Cc1ccc(C(=O)[C@@H]2[C@H](c3ccc(-c4cccc([N+](=O)[O-])c4)o3)NC(=O)N[C@@]2(O)C(F)(F)F)cc1. The molecular formula is C23H18F3N3O6. The van der Waals surface area contributed by atoms with Crippen molar-refractivity contribution in [2.24, 2.45) is 5.92 Å². The number of aliphatic hydroxyl groups is 1. The summed E-state index contributed by atoms with van der Waals surface area (Å²) in [5.41, 5.74) is -3.25. The van der Waals surface area contributed by atoms with Crippen molar-refractivity contribution in [3.63, 3.8) is 0 Å². The summed E-state index contributed by atoms with van der Waals surface area (Å²) in [4.78, 5) is 35.9. The predicted octanol–water partition coefficient (Wildman–Crippen LogP) is 4.27. The van der Waals surface area contributed by atoms with Gasteiger partial charge < -0.3 is 20.2 Å². The Morgan fingerprint density at radius 3 is 2.46 bits per heavy atom. The minimum absolute atomic E-state index is 0.0496. The van der Waals surface area contributed by atoms with Crippen molar-refractivity contribution >= 4 is 17.5 Å². The lowest BCUT2D eigenvalue weighted by atomic mass is 9.79. The first-order chi connectivity index (χ1) is 16.4. The van der Waals surface area contributed by atoms with Gasteiger partial charge in [0.05, 0.1) is 4.92 Å². The molecule has 3 N–H and O–H groups in total. The molecule has 182 valence electrons. The van der Waals surface area contributed by atoms with Crippen LogP contribution in [0.1, 0.15) is 27.7 Å². The fourth-order valence-corrected chi connectivity index (χ4v) is 3.92. The number of ketones is 1. The third-order valence-electron chi connectivity index (χ3n) is 5.70. The molecule has 1 aliphatic heterocycles. The van der Waals surface area contributed by atoms with Crippen molar-refractivity contribution in [2.45, 2.75) is 24.9 Å². The molecule has 1 fully saturated rings. The first-order valence-corrected chi connectivity index (χ1v) is 10.2. The third kappa shape index (κ3) is 4.35. The summed E-state index contributed by atoms with van der Waals surface area (Å²) in [5, 5.41) is 25.4. The lowest BCUT2D eigenvalue weighted by Crippen LogP contribution is -2.72. The number of hydrogen-bond acceptors (Lipinski definition) is 6. The fourth-order valence-electron chi connectivity index (χ4n) is 3.92. The van der Waals surface area contributed by atoms with Crippen molar-refractivity contribution < 1.29 is 37.2 Å². The van der Waals surface area contributed by atoms with Crippen molar-refractivity contribution in [2.75, 3.05) is 0 Å². The number of benzene rings is 2. The molecule has 4 rings (SSSR count). The number of hydrogen-bond donors (Lipinski definition) is 3. The Hall–Kier alpha value is -4.19. The van der Waals surface area contributed by atoms with Gasteiger partial charge in [-0.05, 0) is 19.1 Å². The second kappa shape index (κ2) is 8.55. The van der Waals surface area contributed by atoms with Gasteiger partial charge in [-0.1, -0.05) is 42.0 Å². The minimum atomic E-state index is -5.41. The molecule has 0 bridgehead atoms. The van der Waals surface area contributed by atoms with Gasteiger partial charge >= 0.3 is 12.2 Å². The molecular weight excluding hydrogens is 471 g/mol. The average Bonchev–Trinajstić information content (AvgIpc) is 3.28. The van der Waals surface area contributed by atoms with Crippen LogP contribution in [0.4, 0.5) is 23.7 Å². The first kappa shape index (κ1) is 24.0. The van der Waals surface area contributed by atoms with E-state index in [0.717, 1.165) is 5.56 Å². The third-order valence-corrected chi connectivity index (χ3v) is 5.70. The van der Waals surface area contributed by atoms with Crippen molar-refractivity contribution in [3.8, 4) is 11.3 Å². The largest absolute Gasteiger partial charge is 0.459 e. The highest BCUT2D eigenvalue weighted by atomic mass is 19.4. The van der Waals surface area contributed by atoms with E-state index in [-0.39, 0.29) is 28.3 Å². The molecule has 0 saturated carbocycles. The predicted molar refractivity (Wildman–Crippen MR) is 115 cm³/mol. The van der Waals surface area contributed by atoms with Gasteiger partial charge in [0.15, 0.2) is 5.78 Å². The van der Waals surface area contributed by atoms with Crippen LogP contribution in [0.5, 0.6) is 0 Å². The molecule has 1 aliphatic rings. The van der Waals surface area contributed by atoms with Gasteiger partial charge in [0.1, 0.15) is 23.5 Å². The lowest BCUT2D eigenvalue weighted by molar-refractivity contribution is -0.384. The summed E-state index contributed by atoms with van der Waals surface area (Å²) < 4.78 is 47.7. The number of carbonyl (C=O) groups is 2. The van der Waals surface area contributed by atoms with Crippen LogP contribution in [0.15, 0.2) is 65.1 Å². The second-order valence-electron chi connectivity index (χ2n) is 8.06. The minimum Gasteiger partial charge on any atom is -0.459 e. The van der Waals surface area contributed by atoms with E-state index in [9.17, 15) is 38.0 Å². The Bertz CT molecular complexity index is 1300. The van der Waals surface area contributed by atoms with E-state index in [4.69, 9.17) is 4.42 Å². The molecule has 3 aromatic rings. The zero-order valence-electron chi connectivity index (χ0n) is 18.0. The van der Waals surface area contributed by atoms with Gasteiger partial charge in [-0.3, -0.25) is 14.9 Å². The quantitative estimate of drug-likeness (QED) is 0.278. The smallest absolute Gasteiger partial charge is 0.437 e. The molecule has 3 atom stereocenters. The number of halogens is 3. The molecule has 2 amide bonds. The highest BCUT2D eigenvalue weighted by molar-refractivity contribution is 6.00. The average molecular weight is 489 g/mol. The summed E-state index contributed by atoms with van der Waals surface area (Å²) in [6, 6.07) is 10.5. The number of nitro groups is 1. The number of nitro benzene ring substituents is 1. The number of nitrogens with one attached hydrogen (secondary N) is 2. The summed E-state index contributed by atoms with van der Waals surface area (Å²) in [6.45, 7) is 1.73. The van der Waals surface area contributed by atoms with Gasteiger partial charge in [0.2, 0.25) is 5.72 Å². The van der Waals surface area contributed by atoms with Gasteiger partial charge in [-0.2, -0.15) is 13.2 Å². The normalized spacial score (nSPS) is 22.3. The molecule has 0 radical (unpaired) electrons. The van der Waals surface area contributed by atoms with Crippen LogP contribution in [0, 0.1) is 23.0 Å². The number of nitrogens with zero attached hydrogens (tertiary/aromatic N) is 1. The number of urea groups is 1. The van der Waals surface area contributed by atoms with Crippen LogP contribution in [0.25, 0.3) is 11.3 Å². The number of amides is 2. The number of Topliss-reactive ketones (excluding diaryl/α,β-unsaturated/α-hetero) is 1. The van der Waals surface area contributed by atoms with E-state index in [1.807, 2.05) is 0 Å². The van der Waals surface area contributed by atoms with E-state index < -0.39 is 40.6 Å². The van der Waals surface area contributed by atoms with Crippen LogP contribution >= 0.6 is 0 Å². The zero-order chi connectivity index (χ0) is 25.5. The maximum Gasteiger partial charge on any atom is 0.437 e. The summed E-state index contributed by atoms with van der Waals surface area (Å²) in [6.07, 6.45) is -5.41. The Kier molecular flexibility index (Phi) is 5.85. The molecule has 1 aromatic heterocycles. The summed E-state index contributed by atoms with van der Waals surface area (Å²) in [7, 11) is 0. The Balaban J connectivity index is 1.80. The monoisotopic (exact) mass is 489 g/mol. The van der Waals surface area contributed by atoms with E-state index in [0.29, 0.717) is 0 Å². The maximum absolute atomic E-state index is 14.0. The Morgan fingerprint density at radius 1 is 1.14 bits per heavy atom. The van der Waals surface area contributed by atoms with E-state index in [1.165, 1.54) is 66.0 Å². The number of aryl methyl sites for hydroxylation is 1. The molecule has 0 spiro atoms. The Morgan fingerprint density at radius 2 is 1.83 bits per heavy atom. The number of non-ortho nitro benzene ring substituents is 1. The van der Waals surface area contributed by atoms with Crippen molar-refractivity contribution in [3.05, 3.63) is 87.7 Å². The van der Waals surface area contributed by atoms with Crippen LogP contribution in [-0.2, 0) is 0 Å². The van der Waals surface area contributed by atoms with E-state index in [1.54, 1.807) is 6.92 Å². The fraction of sp³-hybridized carbons (Fsp3) is 0.217. The second-order valence-corrected chi connectivity index (χ2v) is 8.06. The van der Waals surface area contributed by atoms with E-state index in [2.05, 4.69) is 5.32 Å². The van der Waals surface area contributed by atoms with Crippen molar-refractivity contribution in [1.82, 2.24) is 10.6 Å². The molecule has 2 aromatic carbocycles. The topological polar surface area (TPSA) is 135 Å². The van der Waals surface area contributed by atoms with Crippen LogP contribution < -0.4 is 10.6 Å². The molecule has 0 aliphatic carbocycles. The van der Waals surface area contributed by atoms with Gasteiger partial charge in [0, 0.05) is 23.3 Å². The zero-order valence-corrected chi connectivity index (χ0v) is 18.0. The van der Waals surface area contributed by atoms with Gasteiger partial charge in [0.25, 0.3) is 5.69 Å². The molecule has 0 unspecified atom stereocenters. The van der Waals surface area contributed by atoms with Crippen LogP contribution in [0.2, 0.25) is 0 Å². The Labute approximate surface area is 195 Å². The standard InChI is InChI=1S/C23H18F3N3O6/c1-12-5-7-13(8-6-12)20(30)18-19(27-21(31)28-22(18,32)23(24,25)26)17-10-9-16(35-17)14-3-2-4-15(11-14)29(33)34/h2-11,18-19,32H,1H3,(H2,27,28,31)/t18-,19-,22-/m0/s1. The lowest BCUT2D eigenvalue weighted by Gasteiger charge is -2.44. The molecule has 9 nitrogen and oxygen atoms in total. The van der Waals surface area contributed by atoms with Crippen molar-refractivity contribution in [1.29, 1.82) is 0 Å². The van der Waals surface area contributed by atoms with Gasteiger partial charge in [-0.15, -0.1) is 0 Å².